The second kappa shape index (κ2) is 11.3. The molecule has 0 radical (unpaired) electrons. The average molecular weight is 599 g/mol. The van der Waals surface area contributed by atoms with Gasteiger partial charge in [-0.1, -0.05) is 47.5 Å². The van der Waals surface area contributed by atoms with E-state index in [2.05, 4.69) is 0 Å². The fourth-order valence-corrected chi connectivity index (χ4v) is 5.38. The zero-order valence-corrected chi connectivity index (χ0v) is 23.1. The number of hydrogen-bond acceptors (Lipinski definition) is 9. The minimum Gasteiger partial charge on any atom is -0.478 e. The average Bonchev–Trinajstić information content (AvgIpc) is 2.88. The fourth-order valence-electron chi connectivity index (χ4n) is 3.63. The Morgan fingerprint density at radius 1 is 0.659 bits per heavy atom. The van der Waals surface area contributed by atoms with Gasteiger partial charge in [0.05, 0.1) is 9.79 Å². The smallest absolute Gasteiger partial charge is 0.426 e. The Kier molecular flexibility index (Phi) is 7.98. The normalized spacial score (nSPS) is 11.5. The van der Waals surface area contributed by atoms with Crippen LogP contribution in [0, 0.1) is 13.8 Å². The Morgan fingerprint density at radius 2 is 1.12 bits per heavy atom. The first-order valence-corrected chi connectivity index (χ1v) is 14.6. The molecule has 212 valence electrons. The second-order valence-corrected chi connectivity index (χ2v) is 12.1. The summed E-state index contributed by atoms with van der Waals surface area (Å²) in [5, 5.41) is 9.94. The van der Waals surface area contributed by atoms with E-state index in [9.17, 15) is 36.3 Å². The predicted molar refractivity (Wildman–Crippen MR) is 146 cm³/mol. The van der Waals surface area contributed by atoms with Crippen LogP contribution in [0.5, 0.6) is 11.5 Å². The van der Waals surface area contributed by atoms with Crippen molar-refractivity contribution in [2.45, 2.75) is 23.6 Å². The number of hydrogen-bond donors (Lipinski definition) is 3. The maximum Gasteiger partial charge on any atom is 0.426 e. The van der Waals surface area contributed by atoms with E-state index in [0.29, 0.717) is 0 Å². The molecular formula is C27H22N2O10S2. The maximum atomic E-state index is 12.5. The first-order chi connectivity index (χ1) is 19.2. The molecule has 0 fully saturated rings. The Balaban J connectivity index is 1.61. The molecule has 14 heteroatoms. The van der Waals surface area contributed by atoms with Crippen LogP contribution in [0.15, 0.2) is 88.7 Å². The summed E-state index contributed by atoms with van der Waals surface area (Å²) in [7, 11) is -8.62. The van der Waals surface area contributed by atoms with Crippen molar-refractivity contribution in [1.29, 1.82) is 0 Å². The Hall–Kier alpha value is -4.95. The number of rotatable bonds is 7. The quantitative estimate of drug-likeness (QED) is 0.280. The number of carbonyl (C=O) groups excluding carboxylic acids is 2. The van der Waals surface area contributed by atoms with Gasteiger partial charge in [-0.25, -0.2) is 40.7 Å². The highest BCUT2D eigenvalue weighted by Crippen LogP contribution is 2.33. The highest BCUT2D eigenvalue weighted by molar-refractivity contribution is 7.90. The van der Waals surface area contributed by atoms with E-state index in [4.69, 9.17) is 9.47 Å². The van der Waals surface area contributed by atoms with Gasteiger partial charge in [-0.2, -0.15) is 0 Å². The lowest BCUT2D eigenvalue weighted by atomic mass is 10.0. The summed E-state index contributed by atoms with van der Waals surface area (Å²) >= 11 is 0. The van der Waals surface area contributed by atoms with Crippen LogP contribution in [0.25, 0.3) is 10.8 Å². The zero-order valence-electron chi connectivity index (χ0n) is 21.4. The summed E-state index contributed by atoms with van der Waals surface area (Å²) in [6.07, 6.45) is -2.85. The minimum atomic E-state index is -4.35. The van der Waals surface area contributed by atoms with Crippen LogP contribution < -0.4 is 18.9 Å². The van der Waals surface area contributed by atoms with E-state index in [1.165, 1.54) is 54.6 Å². The van der Waals surface area contributed by atoms with Crippen molar-refractivity contribution in [2.75, 3.05) is 0 Å². The van der Waals surface area contributed by atoms with Gasteiger partial charge < -0.3 is 14.6 Å². The molecule has 4 aromatic carbocycles. The number of fused-ring (bicyclic) bond motifs is 1. The van der Waals surface area contributed by atoms with Gasteiger partial charge in [0.15, 0.2) is 0 Å². The van der Waals surface area contributed by atoms with Gasteiger partial charge in [0.1, 0.15) is 17.1 Å². The molecule has 3 N–H and O–H groups in total. The van der Waals surface area contributed by atoms with Crippen molar-refractivity contribution in [1.82, 2.24) is 9.44 Å². The van der Waals surface area contributed by atoms with Gasteiger partial charge in [0, 0.05) is 5.39 Å². The lowest BCUT2D eigenvalue weighted by Gasteiger charge is -2.13. The molecule has 0 atom stereocenters. The lowest BCUT2D eigenvalue weighted by molar-refractivity contribution is 0.0694. The monoisotopic (exact) mass is 598 g/mol. The number of nitrogens with one attached hydrogen (secondary N) is 2. The van der Waals surface area contributed by atoms with E-state index in [0.717, 1.165) is 23.3 Å². The SMILES string of the molecule is Cc1ccc(S(=O)(=O)NC(=O)Oc2cc3c(OC(=O)NS(=O)(=O)c4ccc(C)cc4)cccc3cc2C(=O)O)cc1. The van der Waals surface area contributed by atoms with Gasteiger partial charge >= 0.3 is 18.2 Å². The number of benzene rings is 4. The number of carboxylic acid groups (broad SMARTS) is 1. The van der Waals surface area contributed by atoms with Crippen molar-refractivity contribution in [3.05, 3.63) is 95.6 Å². The Bertz CT molecular complexity index is 1890. The molecule has 0 aliphatic rings. The van der Waals surface area contributed by atoms with E-state index in [1.54, 1.807) is 35.4 Å². The number of carbonyl (C=O) groups is 3. The van der Waals surface area contributed by atoms with Crippen LogP contribution in [-0.2, 0) is 20.0 Å². The van der Waals surface area contributed by atoms with Gasteiger partial charge in [-0.05, 0) is 61.7 Å². The first kappa shape index (κ1) is 29.0. The summed E-state index contributed by atoms with van der Waals surface area (Å²) in [6.45, 7) is 3.51. The van der Waals surface area contributed by atoms with Gasteiger partial charge in [0.25, 0.3) is 20.0 Å². The van der Waals surface area contributed by atoms with E-state index in [1.807, 2.05) is 0 Å². The summed E-state index contributed by atoms with van der Waals surface area (Å²) in [5.41, 5.74) is 1.10. The standard InChI is InChI=1S/C27H22N2O10S2/c1-16-6-10-19(11-7-16)40(34,35)28-26(32)38-23-5-3-4-18-14-22(25(30)31)24(15-21(18)23)39-27(33)29-41(36,37)20-12-8-17(2)9-13-20/h3-15H,1-2H3,(H,28,32)(H,29,33)(H,30,31). The van der Waals surface area contributed by atoms with Gasteiger partial charge in [-0.3, -0.25) is 0 Å². The Morgan fingerprint density at radius 3 is 1.59 bits per heavy atom. The van der Waals surface area contributed by atoms with Gasteiger partial charge in [0.2, 0.25) is 0 Å². The number of amides is 2. The highest BCUT2D eigenvalue weighted by Gasteiger charge is 2.24. The maximum absolute atomic E-state index is 12.5. The second-order valence-electron chi connectivity index (χ2n) is 8.75. The van der Waals surface area contributed by atoms with Crippen molar-refractivity contribution < 1.29 is 45.8 Å². The molecular weight excluding hydrogens is 576 g/mol. The minimum absolute atomic E-state index is 0.0598. The third-order valence-electron chi connectivity index (χ3n) is 5.67. The zero-order chi connectivity index (χ0) is 29.9. The van der Waals surface area contributed by atoms with Crippen LogP contribution in [0.4, 0.5) is 9.59 Å². The molecule has 2 amide bonds. The molecule has 0 aromatic heterocycles. The topological polar surface area (TPSA) is 182 Å². The lowest BCUT2D eigenvalue weighted by Crippen LogP contribution is -2.33. The number of ether oxygens (including phenoxy) is 2. The van der Waals surface area contributed by atoms with Crippen LogP contribution in [0.1, 0.15) is 21.5 Å². The van der Waals surface area contributed by atoms with Crippen molar-refractivity contribution in [3.63, 3.8) is 0 Å². The predicted octanol–water partition coefficient (Wildman–Crippen LogP) is 4.11. The molecule has 12 nitrogen and oxygen atoms in total. The third-order valence-corrected chi connectivity index (χ3v) is 8.33. The molecule has 0 saturated heterocycles. The largest absolute Gasteiger partial charge is 0.478 e. The Labute approximate surface area is 234 Å². The molecule has 0 aliphatic heterocycles. The van der Waals surface area contributed by atoms with E-state index < -0.39 is 49.5 Å². The molecule has 0 spiro atoms. The third kappa shape index (κ3) is 6.80. The van der Waals surface area contributed by atoms with Crippen LogP contribution in [-0.4, -0.2) is 40.1 Å². The fraction of sp³-hybridized carbons (Fsp3) is 0.0741. The van der Waals surface area contributed by atoms with Crippen LogP contribution in [0.3, 0.4) is 0 Å². The van der Waals surface area contributed by atoms with E-state index in [-0.39, 0.29) is 26.3 Å². The van der Waals surface area contributed by atoms with Crippen LogP contribution in [0.2, 0.25) is 0 Å². The number of carboxylic acids is 1. The number of aromatic carboxylic acids is 1. The van der Waals surface area contributed by atoms with Crippen LogP contribution >= 0.6 is 0 Å². The molecule has 0 heterocycles. The summed E-state index contributed by atoms with van der Waals surface area (Å²) in [5.74, 6) is -2.26. The molecule has 0 unspecified atom stereocenters. The molecule has 4 aromatic rings. The molecule has 0 bridgehead atoms. The van der Waals surface area contributed by atoms with Crippen molar-refractivity contribution >= 4 is 49.0 Å². The molecule has 4 rings (SSSR count). The van der Waals surface area contributed by atoms with Crippen molar-refractivity contribution in [3.8, 4) is 11.5 Å². The van der Waals surface area contributed by atoms with Gasteiger partial charge in [-0.15, -0.1) is 0 Å². The molecule has 0 saturated carbocycles. The first-order valence-electron chi connectivity index (χ1n) is 11.7. The summed E-state index contributed by atoms with van der Waals surface area (Å²) < 4.78 is 63.9. The highest BCUT2D eigenvalue weighted by atomic mass is 32.2. The van der Waals surface area contributed by atoms with E-state index >= 15 is 0 Å². The molecule has 41 heavy (non-hydrogen) atoms. The number of sulfonamides is 2. The summed E-state index contributed by atoms with van der Waals surface area (Å²) in [4.78, 5) is 36.5. The van der Waals surface area contributed by atoms with Crippen molar-refractivity contribution in [2.24, 2.45) is 0 Å². The molecule has 0 aliphatic carbocycles. The number of aryl methyl sites for hydroxylation is 2. The summed E-state index contributed by atoms with van der Waals surface area (Å²) in [6, 6.07) is 17.7.